The molecule has 1 heterocycles. The smallest absolute Gasteiger partial charge is 0.122 e. The molecule has 1 unspecified atom stereocenters. The summed E-state index contributed by atoms with van der Waals surface area (Å²) in [4.78, 5) is 0. The van der Waals surface area contributed by atoms with Crippen molar-refractivity contribution in [3.63, 3.8) is 0 Å². The van der Waals surface area contributed by atoms with E-state index in [1.165, 1.54) is 24.8 Å². The first-order chi connectivity index (χ1) is 9.89. The minimum Gasteiger partial charge on any atom is -0.493 e. The van der Waals surface area contributed by atoms with Crippen molar-refractivity contribution in [1.29, 1.82) is 0 Å². The molecule has 2 heteroatoms. The van der Waals surface area contributed by atoms with Gasteiger partial charge in [-0.05, 0) is 51.5 Å². The molecular formula is C19H31NO. The molecule has 2 rings (SSSR count). The number of ether oxygens (including phenoxy) is 1. The average Bonchev–Trinajstić information content (AvgIpc) is 2.86. The molecule has 0 amide bonds. The van der Waals surface area contributed by atoms with Gasteiger partial charge in [0.25, 0.3) is 0 Å². The second kappa shape index (κ2) is 6.39. The number of hydrogen-bond donors (Lipinski definition) is 1. The maximum absolute atomic E-state index is 5.87. The second-order valence-corrected chi connectivity index (χ2v) is 7.56. The van der Waals surface area contributed by atoms with Crippen molar-refractivity contribution < 1.29 is 4.74 Å². The van der Waals surface area contributed by atoms with E-state index in [9.17, 15) is 0 Å². The van der Waals surface area contributed by atoms with Crippen LogP contribution in [0.2, 0.25) is 0 Å². The Balaban J connectivity index is 2.10. The van der Waals surface area contributed by atoms with Gasteiger partial charge in [-0.2, -0.15) is 0 Å². The number of para-hydroxylation sites is 1. The van der Waals surface area contributed by atoms with Gasteiger partial charge in [-0.3, -0.25) is 0 Å². The maximum atomic E-state index is 5.87. The zero-order valence-electron chi connectivity index (χ0n) is 14.3. The van der Waals surface area contributed by atoms with Crippen LogP contribution in [0.1, 0.15) is 65.4 Å². The van der Waals surface area contributed by atoms with Crippen LogP contribution in [0.5, 0.6) is 5.75 Å². The van der Waals surface area contributed by atoms with E-state index in [2.05, 4.69) is 64.2 Å². The lowest BCUT2D eigenvalue weighted by atomic mass is 9.73. The van der Waals surface area contributed by atoms with Crippen molar-refractivity contribution in [3.05, 3.63) is 29.8 Å². The van der Waals surface area contributed by atoms with E-state index >= 15 is 0 Å². The van der Waals surface area contributed by atoms with Gasteiger partial charge in [-0.1, -0.05) is 32.0 Å². The van der Waals surface area contributed by atoms with E-state index < -0.39 is 0 Å². The van der Waals surface area contributed by atoms with Crippen LogP contribution < -0.4 is 10.1 Å². The van der Waals surface area contributed by atoms with Gasteiger partial charge >= 0.3 is 0 Å². The predicted molar refractivity (Wildman–Crippen MR) is 90.1 cm³/mol. The minimum absolute atomic E-state index is 0.180. The molecule has 1 aliphatic heterocycles. The molecule has 0 aliphatic carbocycles. The van der Waals surface area contributed by atoms with Gasteiger partial charge < -0.3 is 10.1 Å². The second-order valence-electron chi connectivity index (χ2n) is 7.56. The molecule has 0 fully saturated rings. The summed E-state index contributed by atoms with van der Waals surface area (Å²) >= 11 is 0. The highest BCUT2D eigenvalue weighted by atomic mass is 16.5. The molecule has 1 aliphatic rings. The van der Waals surface area contributed by atoms with Gasteiger partial charge in [0.2, 0.25) is 0 Å². The summed E-state index contributed by atoms with van der Waals surface area (Å²) in [6.45, 7) is 13.3. The standard InChI is InChI=1S/C19H31NO/c1-6-19(7-2,14-20-18(3,4)5)12-15-13-21-17-11-9-8-10-16(15)17/h8-11,15,20H,6-7,12-14H2,1-5H3. The Bertz CT molecular complexity index is 457. The van der Waals surface area contributed by atoms with Crippen LogP contribution in [0.4, 0.5) is 0 Å². The van der Waals surface area contributed by atoms with E-state index in [1.54, 1.807) is 0 Å². The minimum atomic E-state index is 0.180. The maximum Gasteiger partial charge on any atom is 0.122 e. The molecule has 0 saturated carbocycles. The van der Waals surface area contributed by atoms with E-state index in [1.807, 2.05) is 0 Å². The summed E-state index contributed by atoms with van der Waals surface area (Å²) in [5.41, 5.74) is 1.94. The van der Waals surface area contributed by atoms with Gasteiger partial charge in [0, 0.05) is 23.6 Å². The molecule has 0 saturated heterocycles. The van der Waals surface area contributed by atoms with Crippen molar-refractivity contribution in [1.82, 2.24) is 5.32 Å². The van der Waals surface area contributed by atoms with Crippen LogP contribution in [-0.4, -0.2) is 18.7 Å². The summed E-state index contributed by atoms with van der Waals surface area (Å²) in [6.07, 6.45) is 3.64. The molecule has 0 spiro atoms. The van der Waals surface area contributed by atoms with Gasteiger partial charge in [0.1, 0.15) is 5.75 Å². The lowest BCUT2D eigenvalue weighted by Crippen LogP contribution is -2.44. The zero-order valence-corrected chi connectivity index (χ0v) is 14.3. The number of rotatable bonds is 6. The third-order valence-corrected chi connectivity index (χ3v) is 4.97. The molecule has 0 bridgehead atoms. The quantitative estimate of drug-likeness (QED) is 0.816. The molecule has 118 valence electrons. The van der Waals surface area contributed by atoms with Crippen molar-refractivity contribution >= 4 is 0 Å². The van der Waals surface area contributed by atoms with Crippen LogP contribution in [-0.2, 0) is 0 Å². The summed E-state index contributed by atoms with van der Waals surface area (Å²) in [7, 11) is 0. The Morgan fingerprint density at radius 3 is 2.43 bits per heavy atom. The van der Waals surface area contributed by atoms with Gasteiger partial charge in [-0.25, -0.2) is 0 Å². The van der Waals surface area contributed by atoms with Crippen LogP contribution in [0.3, 0.4) is 0 Å². The number of hydrogen-bond acceptors (Lipinski definition) is 2. The Hall–Kier alpha value is -1.02. The van der Waals surface area contributed by atoms with Crippen LogP contribution in [0.25, 0.3) is 0 Å². The molecule has 1 aromatic rings. The normalized spacial score (nSPS) is 18.4. The largest absolute Gasteiger partial charge is 0.493 e. The predicted octanol–water partition coefficient (Wildman–Crippen LogP) is 4.75. The Labute approximate surface area is 130 Å². The molecule has 21 heavy (non-hydrogen) atoms. The van der Waals surface area contributed by atoms with E-state index in [-0.39, 0.29) is 5.54 Å². The fourth-order valence-electron chi connectivity index (χ4n) is 3.23. The summed E-state index contributed by atoms with van der Waals surface area (Å²) in [5.74, 6) is 1.63. The third kappa shape index (κ3) is 4.00. The lowest BCUT2D eigenvalue weighted by Gasteiger charge is -2.37. The molecule has 1 N–H and O–H groups in total. The topological polar surface area (TPSA) is 21.3 Å². The fourth-order valence-corrected chi connectivity index (χ4v) is 3.23. The van der Waals surface area contributed by atoms with E-state index in [0.717, 1.165) is 18.9 Å². The van der Waals surface area contributed by atoms with Crippen LogP contribution >= 0.6 is 0 Å². The number of fused-ring (bicyclic) bond motifs is 1. The first-order valence-corrected chi connectivity index (χ1v) is 8.36. The summed E-state index contributed by atoms with van der Waals surface area (Å²) in [6, 6.07) is 8.53. The van der Waals surface area contributed by atoms with E-state index in [4.69, 9.17) is 4.74 Å². The van der Waals surface area contributed by atoms with Crippen LogP contribution in [0.15, 0.2) is 24.3 Å². The molecule has 2 nitrogen and oxygen atoms in total. The highest BCUT2D eigenvalue weighted by molar-refractivity contribution is 5.39. The Kier molecular flexibility index (Phi) is 4.98. The Morgan fingerprint density at radius 1 is 1.14 bits per heavy atom. The Morgan fingerprint density at radius 2 is 1.81 bits per heavy atom. The van der Waals surface area contributed by atoms with Gasteiger partial charge in [0.05, 0.1) is 6.61 Å². The summed E-state index contributed by atoms with van der Waals surface area (Å²) < 4.78 is 5.87. The van der Waals surface area contributed by atoms with E-state index in [0.29, 0.717) is 11.3 Å². The van der Waals surface area contributed by atoms with Crippen molar-refractivity contribution in [2.75, 3.05) is 13.2 Å². The average molecular weight is 289 g/mol. The zero-order chi connectivity index (χ0) is 15.5. The third-order valence-electron chi connectivity index (χ3n) is 4.97. The lowest BCUT2D eigenvalue weighted by molar-refractivity contribution is 0.179. The van der Waals surface area contributed by atoms with Gasteiger partial charge in [-0.15, -0.1) is 0 Å². The van der Waals surface area contributed by atoms with Gasteiger partial charge in [0.15, 0.2) is 0 Å². The van der Waals surface area contributed by atoms with Crippen LogP contribution in [0, 0.1) is 5.41 Å². The summed E-state index contributed by atoms with van der Waals surface area (Å²) in [5, 5.41) is 3.72. The van der Waals surface area contributed by atoms with Crippen molar-refractivity contribution in [2.24, 2.45) is 5.41 Å². The number of benzene rings is 1. The molecule has 1 aromatic carbocycles. The first kappa shape index (κ1) is 16.4. The van der Waals surface area contributed by atoms with Crippen molar-refractivity contribution in [2.45, 2.75) is 65.3 Å². The molecule has 1 atom stereocenters. The SMILES string of the molecule is CCC(CC)(CNC(C)(C)C)CC1COc2ccccc21. The molecular weight excluding hydrogens is 258 g/mol. The highest BCUT2D eigenvalue weighted by Crippen LogP contribution is 2.43. The highest BCUT2D eigenvalue weighted by Gasteiger charge is 2.34. The fraction of sp³-hybridized carbons (Fsp3) is 0.684. The molecule has 0 radical (unpaired) electrons. The number of nitrogens with one attached hydrogen (secondary N) is 1. The molecule has 0 aromatic heterocycles. The first-order valence-electron chi connectivity index (χ1n) is 8.36. The monoisotopic (exact) mass is 289 g/mol. The van der Waals surface area contributed by atoms with Crippen molar-refractivity contribution in [3.8, 4) is 5.75 Å².